The number of carbonyl (C=O) groups is 1. The Bertz CT molecular complexity index is 1080. The standard InChI is InChI=1S/C28H36N2O3/c1-5-29(6-2)24-9-7-21-17-25(33-26(21)18-24)10-8-22-19-28(3,4)20-23(11-14-31)27(22)30-12-15-32-16-13-30/h7-11,14,17-18H,5-6,12-13,15-16,19-20H2,1-4H3/b10-8+,23-11+. The second-order valence-electron chi connectivity index (χ2n) is 9.70. The van der Waals surface area contributed by atoms with Crippen molar-refractivity contribution in [3.05, 3.63) is 59.0 Å². The SMILES string of the molecule is CCN(CC)c1ccc2cc(/C=C/C3=C(N4CCOCC4)C(=C/C=O)/CC(C)(C)C3)oc2c1. The lowest BCUT2D eigenvalue weighted by atomic mass is 9.73. The normalized spacial score (nSPS) is 20.2. The molecular weight excluding hydrogens is 412 g/mol. The van der Waals surface area contributed by atoms with Gasteiger partial charge in [0.2, 0.25) is 0 Å². The molecule has 0 atom stereocenters. The molecule has 1 fully saturated rings. The Hall–Kier alpha value is -2.79. The van der Waals surface area contributed by atoms with Crippen molar-refractivity contribution < 1.29 is 13.9 Å². The van der Waals surface area contributed by atoms with Crippen LogP contribution in [0.25, 0.3) is 17.0 Å². The zero-order valence-electron chi connectivity index (χ0n) is 20.4. The summed E-state index contributed by atoms with van der Waals surface area (Å²) in [5.41, 5.74) is 5.76. The Morgan fingerprint density at radius 1 is 1.06 bits per heavy atom. The molecule has 2 aliphatic rings. The number of nitrogens with zero attached hydrogens (tertiary/aromatic N) is 2. The first-order valence-corrected chi connectivity index (χ1v) is 12.1. The number of furan rings is 1. The lowest BCUT2D eigenvalue weighted by Gasteiger charge is -2.40. The Morgan fingerprint density at radius 2 is 1.82 bits per heavy atom. The zero-order valence-corrected chi connectivity index (χ0v) is 20.4. The number of anilines is 1. The Morgan fingerprint density at radius 3 is 2.52 bits per heavy atom. The number of morpholine rings is 1. The molecule has 0 spiro atoms. The first kappa shape index (κ1) is 23.4. The first-order valence-electron chi connectivity index (χ1n) is 12.1. The maximum absolute atomic E-state index is 11.4. The van der Waals surface area contributed by atoms with E-state index >= 15 is 0 Å². The summed E-state index contributed by atoms with van der Waals surface area (Å²) in [6, 6.07) is 8.53. The average Bonchev–Trinajstić information content (AvgIpc) is 3.21. The van der Waals surface area contributed by atoms with Gasteiger partial charge in [0.15, 0.2) is 0 Å². The molecule has 1 aliphatic heterocycles. The van der Waals surface area contributed by atoms with Crippen LogP contribution >= 0.6 is 0 Å². The Balaban J connectivity index is 1.70. The number of hydrogen-bond donors (Lipinski definition) is 0. The van der Waals surface area contributed by atoms with E-state index in [-0.39, 0.29) is 5.41 Å². The minimum absolute atomic E-state index is 0.0941. The summed E-state index contributed by atoms with van der Waals surface area (Å²) in [6.07, 6.45) is 8.79. The Kier molecular flexibility index (Phi) is 7.08. The average molecular weight is 449 g/mol. The Labute approximate surface area is 197 Å². The fourth-order valence-electron chi connectivity index (χ4n) is 5.11. The molecule has 0 bridgehead atoms. The summed E-state index contributed by atoms with van der Waals surface area (Å²) in [7, 11) is 0. The lowest BCUT2D eigenvalue weighted by Crippen LogP contribution is -2.39. The van der Waals surface area contributed by atoms with E-state index in [4.69, 9.17) is 9.15 Å². The fraction of sp³-hybridized carbons (Fsp3) is 0.464. The quantitative estimate of drug-likeness (QED) is 0.394. The first-order chi connectivity index (χ1) is 15.9. The molecule has 176 valence electrons. The molecule has 33 heavy (non-hydrogen) atoms. The maximum Gasteiger partial charge on any atom is 0.143 e. The molecule has 1 aromatic heterocycles. The van der Waals surface area contributed by atoms with Crippen molar-refractivity contribution in [1.29, 1.82) is 0 Å². The number of aldehydes is 1. The highest BCUT2D eigenvalue weighted by molar-refractivity contribution is 5.83. The summed E-state index contributed by atoms with van der Waals surface area (Å²) >= 11 is 0. The summed E-state index contributed by atoms with van der Waals surface area (Å²) in [5.74, 6) is 0.847. The van der Waals surface area contributed by atoms with Crippen LogP contribution in [0.5, 0.6) is 0 Å². The summed E-state index contributed by atoms with van der Waals surface area (Å²) < 4.78 is 11.8. The van der Waals surface area contributed by atoms with E-state index in [1.54, 1.807) is 6.08 Å². The lowest BCUT2D eigenvalue weighted by molar-refractivity contribution is -0.104. The van der Waals surface area contributed by atoms with Gasteiger partial charge in [0.05, 0.1) is 13.2 Å². The molecule has 0 radical (unpaired) electrons. The van der Waals surface area contributed by atoms with Crippen LogP contribution < -0.4 is 4.90 Å². The van der Waals surface area contributed by atoms with E-state index in [2.05, 4.69) is 73.9 Å². The highest BCUT2D eigenvalue weighted by Gasteiger charge is 2.32. The molecule has 2 aromatic rings. The predicted octanol–water partition coefficient (Wildman–Crippen LogP) is 5.82. The van der Waals surface area contributed by atoms with Crippen LogP contribution in [0.1, 0.15) is 46.3 Å². The van der Waals surface area contributed by atoms with Crippen molar-refractivity contribution in [3.8, 4) is 0 Å². The van der Waals surface area contributed by atoms with Gasteiger partial charge in [-0.05, 0) is 73.6 Å². The topological polar surface area (TPSA) is 45.9 Å². The second-order valence-corrected chi connectivity index (χ2v) is 9.70. The van der Waals surface area contributed by atoms with Crippen LogP contribution in [0.15, 0.2) is 57.7 Å². The van der Waals surface area contributed by atoms with Gasteiger partial charge in [-0.15, -0.1) is 0 Å². The number of benzene rings is 1. The molecule has 1 saturated heterocycles. The van der Waals surface area contributed by atoms with Gasteiger partial charge >= 0.3 is 0 Å². The largest absolute Gasteiger partial charge is 0.457 e. The number of hydrogen-bond acceptors (Lipinski definition) is 5. The predicted molar refractivity (Wildman–Crippen MR) is 135 cm³/mol. The van der Waals surface area contributed by atoms with Gasteiger partial charge < -0.3 is 19.0 Å². The number of ether oxygens (including phenoxy) is 1. The van der Waals surface area contributed by atoms with Crippen LogP contribution in [0.3, 0.4) is 0 Å². The summed E-state index contributed by atoms with van der Waals surface area (Å²) in [5, 5.41) is 1.11. The van der Waals surface area contributed by atoms with Crippen molar-refractivity contribution in [2.75, 3.05) is 44.3 Å². The molecule has 0 unspecified atom stereocenters. The zero-order chi connectivity index (χ0) is 23.4. The van der Waals surface area contributed by atoms with Gasteiger partial charge in [0.1, 0.15) is 17.6 Å². The number of allylic oxidation sites excluding steroid dienone is 4. The van der Waals surface area contributed by atoms with E-state index in [0.717, 1.165) is 80.8 Å². The molecule has 5 heteroatoms. The number of carbonyl (C=O) groups excluding carboxylic acids is 1. The van der Waals surface area contributed by atoms with Gasteiger partial charge in [0.25, 0.3) is 0 Å². The molecule has 1 aromatic carbocycles. The van der Waals surface area contributed by atoms with Crippen LogP contribution in [-0.4, -0.2) is 50.6 Å². The van der Waals surface area contributed by atoms with Gasteiger partial charge in [0, 0.05) is 49.0 Å². The van der Waals surface area contributed by atoms with E-state index in [1.165, 1.54) is 17.0 Å². The van der Waals surface area contributed by atoms with Crippen LogP contribution in [0, 0.1) is 5.41 Å². The molecule has 0 amide bonds. The molecule has 0 N–H and O–H groups in total. The smallest absolute Gasteiger partial charge is 0.143 e. The minimum atomic E-state index is 0.0941. The van der Waals surface area contributed by atoms with Crippen LogP contribution in [0.4, 0.5) is 5.69 Å². The van der Waals surface area contributed by atoms with Gasteiger partial charge in [-0.1, -0.05) is 19.9 Å². The maximum atomic E-state index is 11.4. The third-order valence-corrected chi connectivity index (χ3v) is 6.64. The number of fused-ring (bicyclic) bond motifs is 1. The van der Waals surface area contributed by atoms with E-state index in [1.807, 2.05) is 0 Å². The van der Waals surface area contributed by atoms with Crippen molar-refractivity contribution in [2.24, 2.45) is 5.41 Å². The molecule has 0 saturated carbocycles. The summed E-state index contributed by atoms with van der Waals surface area (Å²) in [6.45, 7) is 14.0. The monoisotopic (exact) mass is 448 g/mol. The van der Waals surface area contributed by atoms with Crippen LogP contribution in [0.2, 0.25) is 0 Å². The molecule has 1 aliphatic carbocycles. The molecule has 5 nitrogen and oxygen atoms in total. The molecule has 4 rings (SSSR count). The van der Waals surface area contributed by atoms with Gasteiger partial charge in [-0.25, -0.2) is 0 Å². The van der Waals surface area contributed by atoms with E-state index in [9.17, 15) is 4.79 Å². The second kappa shape index (κ2) is 10.0. The van der Waals surface area contributed by atoms with E-state index < -0.39 is 0 Å². The van der Waals surface area contributed by atoms with Crippen molar-refractivity contribution >= 4 is 29.0 Å². The van der Waals surface area contributed by atoms with E-state index in [0.29, 0.717) is 0 Å². The van der Waals surface area contributed by atoms with Crippen molar-refractivity contribution in [3.63, 3.8) is 0 Å². The molecule has 2 heterocycles. The fourth-order valence-corrected chi connectivity index (χ4v) is 5.11. The third-order valence-electron chi connectivity index (χ3n) is 6.64. The van der Waals surface area contributed by atoms with Crippen molar-refractivity contribution in [2.45, 2.75) is 40.5 Å². The third kappa shape index (κ3) is 5.25. The summed E-state index contributed by atoms with van der Waals surface area (Å²) in [4.78, 5) is 16.1. The highest BCUT2D eigenvalue weighted by atomic mass is 16.5. The van der Waals surface area contributed by atoms with Crippen LogP contribution in [-0.2, 0) is 9.53 Å². The molecular formula is C28H36N2O3. The minimum Gasteiger partial charge on any atom is -0.457 e. The number of rotatable bonds is 7. The van der Waals surface area contributed by atoms with Gasteiger partial charge in [-0.2, -0.15) is 0 Å². The highest BCUT2D eigenvalue weighted by Crippen LogP contribution is 2.43. The van der Waals surface area contributed by atoms with Gasteiger partial charge in [-0.3, -0.25) is 4.79 Å². The van der Waals surface area contributed by atoms with Crippen molar-refractivity contribution in [1.82, 2.24) is 4.90 Å².